The van der Waals surface area contributed by atoms with E-state index in [-0.39, 0.29) is 13.6 Å². The van der Waals surface area contributed by atoms with Crippen LogP contribution in [-0.4, -0.2) is 13.6 Å². The van der Waals surface area contributed by atoms with Gasteiger partial charge in [-0.15, -0.1) is 25.7 Å². The molecule has 0 saturated heterocycles. The van der Waals surface area contributed by atoms with E-state index in [0.717, 1.165) is 0 Å². The minimum Gasteiger partial charge on any atom is -0.454 e. The predicted octanol–water partition coefficient (Wildman–Crippen LogP) is 3.77. The highest BCUT2D eigenvalue weighted by atomic mass is 32.1. The van der Waals surface area contributed by atoms with E-state index in [0.29, 0.717) is 44.7 Å². The van der Waals surface area contributed by atoms with Gasteiger partial charge in [0.15, 0.2) is 23.0 Å². The van der Waals surface area contributed by atoms with Gasteiger partial charge in [-0.25, -0.2) is 0 Å². The third kappa shape index (κ3) is 7.94. The van der Waals surface area contributed by atoms with Crippen LogP contribution in [0.1, 0.15) is 16.4 Å². The van der Waals surface area contributed by atoms with Crippen molar-refractivity contribution in [1.29, 1.82) is 0 Å². The quantitative estimate of drug-likeness (QED) is 0.314. The number of terminal acetylenes is 4. The fraction of sp³-hybridized carbons (Fsp3) is 0.0769. The van der Waals surface area contributed by atoms with Gasteiger partial charge in [0.1, 0.15) is 0 Å². The molecule has 0 saturated carbocycles. The van der Waals surface area contributed by atoms with Gasteiger partial charge in [0.2, 0.25) is 13.6 Å². The minimum atomic E-state index is -1.54. The first-order valence-electron chi connectivity index (χ1n) is 12.6. The van der Waals surface area contributed by atoms with Gasteiger partial charge in [-0.05, 0) is 142 Å². The molecule has 0 atom stereocenters. The van der Waals surface area contributed by atoms with Crippen LogP contribution in [0.4, 0.5) is 0 Å². The zero-order valence-corrected chi connectivity index (χ0v) is 26.3. The molecule has 0 unspecified atom stereocenters. The summed E-state index contributed by atoms with van der Waals surface area (Å²) in [6.45, 7) is 0.0150. The van der Waals surface area contributed by atoms with Crippen molar-refractivity contribution in [3.63, 3.8) is 0 Å². The first-order chi connectivity index (χ1) is 22.6. The smallest absolute Gasteiger partial charge is 0.231 e. The molecule has 2 aliphatic rings. The summed E-state index contributed by atoms with van der Waals surface area (Å²) in [4.78, 5) is 0. The number of hydrogen-bond acceptors (Lipinski definition) is 5. The Bertz CT molecular complexity index is 2040. The number of fused-ring (bicyclic) bond motifs is 2. The summed E-state index contributed by atoms with van der Waals surface area (Å²) in [5, 5.41) is 0.726. The maximum absolute atomic E-state index is 5.99. The van der Waals surface area contributed by atoms with Gasteiger partial charge in [0.05, 0.1) is 21.1 Å². The highest BCUT2D eigenvalue weighted by molar-refractivity contribution is 7.81. The molecule has 0 amide bonds. The Labute approximate surface area is 277 Å². The molecule has 2 heterocycles. The fourth-order valence-electron chi connectivity index (χ4n) is 3.93. The molecule has 0 bridgehead atoms. The molecule has 0 radical (unpaired) electrons. The molecule has 0 spiro atoms. The summed E-state index contributed by atoms with van der Waals surface area (Å²) in [5.41, 5.74) is 13.8. The molecule has 46 heavy (non-hydrogen) atoms. The molecule has 2 aliphatic heterocycles. The SMILES string of the molecule is C#CC#CC#CP(C#CC#CC#C)c1ccc2c(c1C(S)c1c(P(C#CC#CC#C)C#CC#CC#C)ccc3c1OCO3)OCO2. The van der Waals surface area contributed by atoms with Crippen LogP contribution in [0, 0.1) is 143 Å². The second-order valence-corrected chi connectivity index (χ2v) is 11.8. The van der Waals surface area contributed by atoms with Gasteiger partial charge >= 0.3 is 0 Å². The molecule has 210 valence electrons. The van der Waals surface area contributed by atoms with Crippen LogP contribution < -0.4 is 29.6 Å². The third-order valence-corrected chi connectivity index (χ3v) is 9.20. The number of thiol groups is 1. The standard InChI is InChI=1S/C39H14O4P2S/c1-5-9-13-17-25-44(26-18-14-10-6-2)33-23-21-31-37(42-29-40-31)35(33)39(46)36-34(24-22-32-38(36)43-30-41-32)45(27-19-15-11-7-3)28-20-16-12-8-4/h1-4,21-24,39,46H,29-30H2. The molecule has 0 fully saturated rings. The molecule has 2 aromatic carbocycles. The molecule has 0 aromatic heterocycles. The second-order valence-electron chi connectivity index (χ2n) is 8.06. The first kappa shape index (κ1) is 32.5. The van der Waals surface area contributed by atoms with E-state index < -0.39 is 21.1 Å². The molecule has 0 aliphatic carbocycles. The Balaban J connectivity index is 2.01. The molecular weight excluding hydrogens is 626 g/mol. The average Bonchev–Trinajstić information content (AvgIpc) is 3.76. The minimum absolute atomic E-state index is 0.00752. The topological polar surface area (TPSA) is 36.9 Å². The Kier molecular flexibility index (Phi) is 12.0. The van der Waals surface area contributed by atoms with Crippen LogP contribution in [0.5, 0.6) is 23.0 Å². The fourth-order valence-corrected chi connectivity index (χ4v) is 7.30. The summed E-state index contributed by atoms with van der Waals surface area (Å²) < 4.78 is 23.5. The normalized spacial score (nSPS) is 9.91. The lowest BCUT2D eigenvalue weighted by Crippen LogP contribution is -2.17. The van der Waals surface area contributed by atoms with E-state index in [1.807, 2.05) is 12.1 Å². The number of ether oxygens (including phenoxy) is 4. The summed E-state index contributed by atoms with van der Waals surface area (Å²) in [6.07, 6.45) is 21.1. The van der Waals surface area contributed by atoms with Gasteiger partial charge in [-0.2, -0.15) is 12.6 Å². The van der Waals surface area contributed by atoms with Crippen LogP contribution in [0.15, 0.2) is 24.3 Å². The zero-order valence-electron chi connectivity index (χ0n) is 23.6. The molecule has 4 rings (SSSR count). The van der Waals surface area contributed by atoms with E-state index >= 15 is 0 Å². The molecule has 7 heteroatoms. The average molecular weight is 641 g/mol. The Morgan fingerprint density at radius 1 is 0.500 bits per heavy atom. The van der Waals surface area contributed by atoms with Gasteiger partial charge in [0.25, 0.3) is 0 Å². The highest BCUT2D eigenvalue weighted by Crippen LogP contribution is 2.52. The van der Waals surface area contributed by atoms with Crippen molar-refractivity contribution < 1.29 is 18.9 Å². The van der Waals surface area contributed by atoms with Crippen molar-refractivity contribution >= 4 is 39.1 Å². The van der Waals surface area contributed by atoms with Crippen molar-refractivity contribution in [3.8, 4) is 166 Å². The lowest BCUT2D eigenvalue weighted by molar-refractivity contribution is 0.173. The Morgan fingerprint density at radius 2 is 0.848 bits per heavy atom. The van der Waals surface area contributed by atoms with Crippen molar-refractivity contribution in [2.75, 3.05) is 13.6 Å². The first-order valence-corrected chi connectivity index (χ1v) is 15.8. The zero-order chi connectivity index (χ0) is 32.6. The summed E-state index contributed by atoms with van der Waals surface area (Å²) in [5.74, 6) is 42.6. The van der Waals surface area contributed by atoms with E-state index in [1.165, 1.54) is 0 Å². The molecule has 2 aromatic rings. The van der Waals surface area contributed by atoms with Crippen molar-refractivity contribution in [2.45, 2.75) is 5.25 Å². The number of rotatable bonds is 4. The molecular formula is C39H14O4P2S. The predicted molar refractivity (Wildman–Crippen MR) is 187 cm³/mol. The van der Waals surface area contributed by atoms with Crippen molar-refractivity contribution in [2.24, 2.45) is 0 Å². The lowest BCUT2D eigenvalue weighted by atomic mass is 10.0. The lowest BCUT2D eigenvalue weighted by Gasteiger charge is -2.23. The van der Waals surface area contributed by atoms with E-state index in [1.54, 1.807) is 12.1 Å². The van der Waals surface area contributed by atoms with Crippen LogP contribution in [0.2, 0.25) is 0 Å². The van der Waals surface area contributed by atoms with Crippen molar-refractivity contribution in [3.05, 3.63) is 35.4 Å². The van der Waals surface area contributed by atoms with Gasteiger partial charge in [0, 0.05) is 21.7 Å². The summed E-state index contributed by atoms with van der Waals surface area (Å²) in [6, 6.07) is 7.29. The summed E-state index contributed by atoms with van der Waals surface area (Å²) in [7, 11) is -3.09. The Morgan fingerprint density at radius 3 is 1.17 bits per heavy atom. The van der Waals surface area contributed by atoms with E-state index in [4.69, 9.17) is 57.3 Å². The van der Waals surface area contributed by atoms with Crippen LogP contribution >= 0.6 is 28.5 Å². The van der Waals surface area contributed by atoms with Crippen LogP contribution in [0.25, 0.3) is 0 Å². The highest BCUT2D eigenvalue weighted by Gasteiger charge is 2.34. The molecule has 0 N–H and O–H groups in total. The van der Waals surface area contributed by atoms with E-state index in [9.17, 15) is 0 Å². The number of benzene rings is 2. The largest absolute Gasteiger partial charge is 0.454 e. The Hall–Kier alpha value is -6.43. The van der Waals surface area contributed by atoms with Crippen molar-refractivity contribution in [1.82, 2.24) is 0 Å². The monoisotopic (exact) mass is 640 g/mol. The second kappa shape index (κ2) is 17.0. The maximum Gasteiger partial charge on any atom is 0.231 e. The maximum atomic E-state index is 5.99. The van der Waals surface area contributed by atoms with Crippen LogP contribution in [0.3, 0.4) is 0 Å². The van der Waals surface area contributed by atoms with Crippen LogP contribution in [-0.2, 0) is 0 Å². The van der Waals surface area contributed by atoms with Gasteiger partial charge in [-0.3, -0.25) is 0 Å². The third-order valence-electron chi connectivity index (χ3n) is 5.60. The summed E-state index contributed by atoms with van der Waals surface area (Å²) >= 11 is 5.17. The van der Waals surface area contributed by atoms with Gasteiger partial charge < -0.3 is 18.9 Å². The number of hydrogen-bond donors (Lipinski definition) is 1. The van der Waals surface area contributed by atoms with E-state index in [2.05, 4.69) is 117 Å². The molecule has 4 nitrogen and oxygen atoms in total. The van der Waals surface area contributed by atoms with Gasteiger partial charge in [-0.1, -0.05) is 0 Å².